The molecule has 2 aromatic rings. The van der Waals surface area contributed by atoms with Gasteiger partial charge in [0.1, 0.15) is 0 Å². The minimum atomic E-state index is -0.449. The van der Waals surface area contributed by atoms with Crippen LogP contribution >= 0.6 is 23.2 Å². The Morgan fingerprint density at radius 2 is 1.96 bits per heavy atom. The van der Waals surface area contributed by atoms with Gasteiger partial charge in [-0.15, -0.1) is 0 Å². The predicted molar refractivity (Wildman–Crippen MR) is 100 cm³/mol. The molecule has 26 heavy (non-hydrogen) atoms. The highest BCUT2D eigenvalue weighted by Crippen LogP contribution is 2.25. The second-order valence-electron chi connectivity index (χ2n) is 6.02. The zero-order valence-electron chi connectivity index (χ0n) is 14.9. The molecule has 1 amide bonds. The van der Waals surface area contributed by atoms with Gasteiger partial charge in [-0.3, -0.25) is 14.3 Å². The molecule has 6 nitrogen and oxygen atoms in total. The van der Waals surface area contributed by atoms with E-state index in [4.69, 9.17) is 27.9 Å². The molecule has 0 bridgehead atoms. The van der Waals surface area contributed by atoms with E-state index in [1.54, 1.807) is 22.9 Å². The second kappa shape index (κ2) is 9.05. The number of esters is 1. The van der Waals surface area contributed by atoms with Crippen molar-refractivity contribution in [1.29, 1.82) is 0 Å². The summed E-state index contributed by atoms with van der Waals surface area (Å²) in [6.07, 6.45) is 0.150. The number of hydrogen-bond donors (Lipinski definition) is 1. The quantitative estimate of drug-likeness (QED) is 0.724. The third-order valence-electron chi connectivity index (χ3n) is 3.82. The number of benzene rings is 1. The SMILES string of the molecule is Cc1cc(C)n(CCC(=O)OCC(=O)NC(C)c2ccc(Cl)c(Cl)c2)n1. The van der Waals surface area contributed by atoms with Crippen molar-refractivity contribution in [2.75, 3.05) is 6.61 Å². The summed E-state index contributed by atoms with van der Waals surface area (Å²) in [6.45, 7) is 5.70. The van der Waals surface area contributed by atoms with Gasteiger partial charge in [-0.05, 0) is 44.5 Å². The van der Waals surface area contributed by atoms with E-state index in [2.05, 4.69) is 10.4 Å². The van der Waals surface area contributed by atoms with E-state index in [1.807, 2.05) is 26.8 Å². The van der Waals surface area contributed by atoms with Crippen LogP contribution in [-0.2, 0) is 20.9 Å². The molecular formula is C18H21Cl2N3O3. The van der Waals surface area contributed by atoms with Crippen LogP contribution in [0, 0.1) is 13.8 Å². The summed E-state index contributed by atoms with van der Waals surface area (Å²) in [5.74, 6) is -0.835. The van der Waals surface area contributed by atoms with Gasteiger partial charge in [0.25, 0.3) is 5.91 Å². The Bertz CT molecular complexity index is 805. The number of nitrogens with zero attached hydrogens (tertiary/aromatic N) is 2. The standard InChI is InChI=1S/C18H21Cl2N3O3/c1-11-8-12(2)23(22-11)7-6-18(25)26-10-17(24)21-13(3)14-4-5-15(19)16(20)9-14/h4-5,8-9,13H,6-7,10H2,1-3H3,(H,21,24). The maximum absolute atomic E-state index is 11.9. The van der Waals surface area contributed by atoms with Crippen LogP contribution in [0.5, 0.6) is 0 Å². The molecule has 140 valence electrons. The zero-order chi connectivity index (χ0) is 19.3. The van der Waals surface area contributed by atoms with E-state index >= 15 is 0 Å². The Labute approximate surface area is 162 Å². The van der Waals surface area contributed by atoms with Crippen molar-refractivity contribution in [2.45, 2.75) is 39.8 Å². The summed E-state index contributed by atoms with van der Waals surface area (Å²) >= 11 is 11.9. The first kappa shape index (κ1) is 20.3. The predicted octanol–water partition coefficient (Wildman–Crippen LogP) is 3.62. The molecule has 1 heterocycles. The Hall–Kier alpha value is -2.05. The first-order chi connectivity index (χ1) is 12.3. The molecule has 0 spiro atoms. The highest BCUT2D eigenvalue weighted by Gasteiger charge is 2.13. The Morgan fingerprint density at radius 1 is 1.23 bits per heavy atom. The number of carbonyl (C=O) groups excluding carboxylic acids is 2. The number of aromatic nitrogens is 2. The molecule has 0 aliphatic rings. The molecule has 0 radical (unpaired) electrons. The van der Waals surface area contributed by atoms with Crippen LogP contribution in [0.25, 0.3) is 0 Å². The molecule has 0 saturated carbocycles. The molecule has 1 aromatic carbocycles. The highest BCUT2D eigenvalue weighted by molar-refractivity contribution is 6.42. The summed E-state index contributed by atoms with van der Waals surface area (Å²) in [5.41, 5.74) is 2.68. The minimum absolute atomic E-state index is 0.150. The van der Waals surface area contributed by atoms with Gasteiger partial charge in [-0.1, -0.05) is 29.3 Å². The lowest BCUT2D eigenvalue weighted by Gasteiger charge is -2.15. The molecule has 1 unspecified atom stereocenters. The Kier molecular flexibility index (Phi) is 7.06. The number of amides is 1. The van der Waals surface area contributed by atoms with Crippen molar-refractivity contribution in [1.82, 2.24) is 15.1 Å². The topological polar surface area (TPSA) is 73.2 Å². The number of nitrogens with one attached hydrogen (secondary N) is 1. The molecule has 1 atom stereocenters. The third kappa shape index (κ3) is 5.75. The molecule has 0 aliphatic carbocycles. The molecule has 1 N–H and O–H groups in total. The van der Waals surface area contributed by atoms with Crippen LogP contribution in [-0.4, -0.2) is 28.3 Å². The lowest BCUT2D eigenvalue weighted by Crippen LogP contribution is -2.31. The maximum atomic E-state index is 11.9. The fraction of sp³-hybridized carbons (Fsp3) is 0.389. The molecule has 2 rings (SSSR count). The van der Waals surface area contributed by atoms with Gasteiger partial charge in [0.2, 0.25) is 0 Å². The van der Waals surface area contributed by atoms with E-state index in [0.717, 1.165) is 17.0 Å². The average Bonchev–Trinajstić information content (AvgIpc) is 2.91. The summed E-state index contributed by atoms with van der Waals surface area (Å²) in [4.78, 5) is 23.8. The van der Waals surface area contributed by atoms with Crippen molar-refractivity contribution in [3.05, 3.63) is 51.3 Å². The maximum Gasteiger partial charge on any atom is 0.308 e. The van der Waals surface area contributed by atoms with Gasteiger partial charge in [0.15, 0.2) is 6.61 Å². The molecule has 1 aromatic heterocycles. The average molecular weight is 398 g/mol. The normalized spacial score (nSPS) is 11.9. The summed E-state index contributed by atoms with van der Waals surface area (Å²) in [5, 5.41) is 7.89. The van der Waals surface area contributed by atoms with Crippen LogP contribution in [0.4, 0.5) is 0 Å². The van der Waals surface area contributed by atoms with E-state index in [0.29, 0.717) is 16.6 Å². The fourth-order valence-corrected chi connectivity index (χ4v) is 2.77. The van der Waals surface area contributed by atoms with Crippen molar-refractivity contribution in [2.24, 2.45) is 0 Å². The summed E-state index contributed by atoms with van der Waals surface area (Å²) in [6, 6.07) is 6.78. The molecular weight excluding hydrogens is 377 g/mol. The summed E-state index contributed by atoms with van der Waals surface area (Å²) in [7, 11) is 0. The van der Waals surface area contributed by atoms with Gasteiger partial charge >= 0.3 is 5.97 Å². The van der Waals surface area contributed by atoms with Gasteiger partial charge in [-0.25, -0.2) is 0 Å². The van der Waals surface area contributed by atoms with Gasteiger partial charge in [0, 0.05) is 5.69 Å². The van der Waals surface area contributed by atoms with E-state index < -0.39 is 5.97 Å². The van der Waals surface area contributed by atoms with E-state index in [9.17, 15) is 9.59 Å². The molecule has 0 saturated heterocycles. The largest absolute Gasteiger partial charge is 0.456 e. The number of rotatable bonds is 7. The summed E-state index contributed by atoms with van der Waals surface area (Å²) < 4.78 is 6.75. The number of hydrogen-bond acceptors (Lipinski definition) is 4. The van der Waals surface area contributed by atoms with Crippen molar-refractivity contribution >= 4 is 35.1 Å². The molecule has 0 aliphatic heterocycles. The second-order valence-corrected chi connectivity index (χ2v) is 6.84. The molecule has 8 heteroatoms. The highest BCUT2D eigenvalue weighted by atomic mass is 35.5. The smallest absolute Gasteiger partial charge is 0.308 e. The fourth-order valence-electron chi connectivity index (χ4n) is 2.46. The zero-order valence-corrected chi connectivity index (χ0v) is 16.4. The van der Waals surface area contributed by atoms with Crippen LogP contribution < -0.4 is 5.32 Å². The van der Waals surface area contributed by atoms with Gasteiger partial charge in [0.05, 0.1) is 34.7 Å². The van der Waals surface area contributed by atoms with Gasteiger partial charge < -0.3 is 10.1 Å². The van der Waals surface area contributed by atoms with Crippen molar-refractivity contribution < 1.29 is 14.3 Å². The number of halogens is 2. The first-order valence-corrected chi connectivity index (χ1v) is 8.93. The lowest BCUT2D eigenvalue weighted by molar-refractivity contribution is -0.149. The van der Waals surface area contributed by atoms with Crippen LogP contribution in [0.3, 0.4) is 0 Å². The van der Waals surface area contributed by atoms with E-state index in [1.165, 1.54) is 0 Å². The number of aryl methyl sites for hydroxylation is 3. The van der Waals surface area contributed by atoms with Gasteiger partial charge in [-0.2, -0.15) is 5.10 Å². The van der Waals surface area contributed by atoms with E-state index in [-0.39, 0.29) is 25.0 Å². The number of ether oxygens (including phenoxy) is 1. The lowest BCUT2D eigenvalue weighted by atomic mass is 10.1. The van der Waals surface area contributed by atoms with Crippen LogP contribution in [0.1, 0.15) is 36.3 Å². The van der Waals surface area contributed by atoms with Crippen molar-refractivity contribution in [3.8, 4) is 0 Å². The first-order valence-electron chi connectivity index (χ1n) is 8.17. The monoisotopic (exact) mass is 397 g/mol. The van der Waals surface area contributed by atoms with Crippen LogP contribution in [0.15, 0.2) is 24.3 Å². The minimum Gasteiger partial charge on any atom is -0.456 e. The third-order valence-corrected chi connectivity index (χ3v) is 4.56. The van der Waals surface area contributed by atoms with Crippen LogP contribution in [0.2, 0.25) is 10.0 Å². The molecule has 0 fully saturated rings. The Balaban J connectivity index is 1.76. The Morgan fingerprint density at radius 3 is 2.58 bits per heavy atom. The number of carbonyl (C=O) groups is 2. The van der Waals surface area contributed by atoms with Crippen molar-refractivity contribution in [3.63, 3.8) is 0 Å².